The van der Waals surface area contributed by atoms with Crippen LogP contribution in [0.4, 0.5) is 5.69 Å². The Bertz CT molecular complexity index is 1240. The van der Waals surface area contributed by atoms with Gasteiger partial charge in [-0.2, -0.15) is 5.26 Å². The molecule has 2 N–H and O–H groups in total. The first kappa shape index (κ1) is 23.2. The molecule has 7 heteroatoms. The van der Waals surface area contributed by atoms with Crippen molar-refractivity contribution >= 4 is 40.7 Å². The van der Waals surface area contributed by atoms with Crippen LogP contribution in [0.2, 0.25) is 5.02 Å². The lowest BCUT2D eigenvalue weighted by Crippen LogP contribution is -2.32. The highest BCUT2D eigenvalue weighted by molar-refractivity contribution is 8.03. The molecule has 0 aromatic heterocycles. The van der Waals surface area contributed by atoms with E-state index in [1.807, 2.05) is 44.2 Å². The Labute approximate surface area is 202 Å². The van der Waals surface area contributed by atoms with E-state index in [-0.39, 0.29) is 17.4 Å². The van der Waals surface area contributed by atoms with E-state index < -0.39 is 5.92 Å². The van der Waals surface area contributed by atoms with Crippen LogP contribution < -0.4 is 10.6 Å². The number of allylic oxidation sites excluding steroid dienone is 3. The van der Waals surface area contributed by atoms with E-state index in [0.717, 1.165) is 35.2 Å². The van der Waals surface area contributed by atoms with E-state index in [4.69, 9.17) is 11.6 Å². The molecule has 168 valence electrons. The second kappa shape index (κ2) is 9.86. The van der Waals surface area contributed by atoms with Gasteiger partial charge in [-0.1, -0.05) is 53.7 Å². The van der Waals surface area contributed by atoms with Gasteiger partial charge in [0, 0.05) is 28.4 Å². The standard InChI is InChI=1S/C26H24ClN3O2S/c1-15-7-3-4-8-17(15)24-18(13-28)26(30-21-11-6-12-22(31)25(21)24)33-14-23(32)29-20-10-5-9-19(27)16(20)2/h3-5,7-10,24,30H,6,11-12,14H2,1-2H3,(H,29,32)/t24-/m0/s1. The van der Waals surface area contributed by atoms with Gasteiger partial charge in [-0.05, 0) is 55.5 Å². The Morgan fingerprint density at radius 1 is 1.21 bits per heavy atom. The van der Waals surface area contributed by atoms with Crippen molar-refractivity contribution in [2.24, 2.45) is 0 Å². The molecule has 1 amide bonds. The minimum absolute atomic E-state index is 0.0861. The minimum atomic E-state index is -0.416. The van der Waals surface area contributed by atoms with Crippen LogP contribution in [0.25, 0.3) is 0 Å². The summed E-state index contributed by atoms with van der Waals surface area (Å²) in [5, 5.41) is 17.6. The molecule has 0 bridgehead atoms. The summed E-state index contributed by atoms with van der Waals surface area (Å²) in [6, 6.07) is 15.6. The molecule has 0 fully saturated rings. The molecule has 4 rings (SSSR count). The molecule has 1 atom stereocenters. The van der Waals surface area contributed by atoms with Crippen molar-refractivity contribution in [1.29, 1.82) is 5.26 Å². The van der Waals surface area contributed by atoms with Crippen molar-refractivity contribution in [3.8, 4) is 6.07 Å². The molecule has 0 unspecified atom stereocenters. The summed E-state index contributed by atoms with van der Waals surface area (Å²) in [4.78, 5) is 25.6. The number of nitrogens with zero attached hydrogens (tertiary/aromatic N) is 1. The highest BCUT2D eigenvalue weighted by atomic mass is 35.5. The van der Waals surface area contributed by atoms with Crippen LogP contribution in [0.3, 0.4) is 0 Å². The van der Waals surface area contributed by atoms with Crippen molar-refractivity contribution < 1.29 is 9.59 Å². The van der Waals surface area contributed by atoms with E-state index in [1.54, 1.807) is 12.1 Å². The van der Waals surface area contributed by atoms with Gasteiger partial charge in [-0.15, -0.1) is 0 Å². The fraction of sp³-hybridized carbons (Fsp3) is 0.269. The molecular weight excluding hydrogens is 454 g/mol. The maximum Gasteiger partial charge on any atom is 0.234 e. The van der Waals surface area contributed by atoms with Crippen LogP contribution in [0.1, 0.15) is 41.9 Å². The van der Waals surface area contributed by atoms with Gasteiger partial charge in [-0.25, -0.2) is 0 Å². The average Bonchev–Trinajstić information content (AvgIpc) is 2.80. The Balaban J connectivity index is 1.63. The van der Waals surface area contributed by atoms with Gasteiger partial charge in [0.1, 0.15) is 0 Å². The summed E-state index contributed by atoms with van der Waals surface area (Å²) in [5.41, 5.74) is 5.49. The van der Waals surface area contributed by atoms with Gasteiger partial charge in [0.05, 0.1) is 28.3 Å². The first-order chi connectivity index (χ1) is 15.9. The second-order valence-electron chi connectivity index (χ2n) is 8.19. The Morgan fingerprint density at radius 3 is 2.76 bits per heavy atom. The number of aryl methyl sites for hydroxylation is 1. The monoisotopic (exact) mass is 477 g/mol. The fourth-order valence-electron chi connectivity index (χ4n) is 4.33. The van der Waals surface area contributed by atoms with Crippen LogP contribution in [0.5, 0.6) is 0 Å². The van der Waals surface area contributed by atoms with E-state index in [2.05, 4.69) is 16.7 Å². The molecule has 2 aromatic rings. The largest absolute Gasteiger partial charge is 0.352 e. The van der Waals surface area contributed by atoms with Crippen LogP contribution in [-0.2, 0) is 9.59 Å². The van der Waals surface area contributed by atoms with Gasteiger partial charge in [0.2, 0.25) is 5.91 Å². The molecule has 1 aliphatic heterocycles. The predicted molar refractivity (Wildman–Crippen MR) is 133 cm³/mol. The normalized spacial score (nSPS) is 17.9. The maximum atomic E-state index is 12.9. The van der Waals surface area contributed by atoms with Crippen molar-refractivity contribution in [3.05, 3.63) is 86.0 Å². The predicted octanol–water partition coefficient (Wildman–Crippen LogP) is 5.76. The van der Waals surface area contributed by atoms with Gasteiger partial charge in [-0.3, -0.25) is 9.59 Å². The summed E-state index contributed by atoms with van der Waals surface area (Å²) in [5.74, 6) is -0.399. The summed E-state index contributed by atoms with van der Waals surface area (Å²) in [7, 11) is 0. The van der Waals surface area contributed by atoms with E-state index in [0.29, 0.717) is 33.3 Å². The number of dihydropyridines is 1. The third-order valence-electron chi connectivity index (χ3n) is 6.05. The number of rotatable bonds is 5. The minimum Gasteiger partial charge on any atom is -0.352 e. The fourth-order valence-corrected chi connectivity index (χ4v) is 5.36. The third-order valence-corrected chi connectivity index (χ3v) is 7.48. The molecule has 1 aliphatic carbocycles. The maximum absolute atomic E-state index is 12.9. The molecule has 0 saturated carbocycles. The Morgan fingerprint density at radius 2 is 2.00 bits per heavy atom. The number of Topliss-reactive ketones (excluding diaryl/α,β-unsaturated/α-hetero) is 1. The van der Waals surface area contributed by atoms with Crippen LogP contribution >= 0.6 is 23.4 Å². The number of nitriles is 1. The molecule has 33 heavy (non-hydrogen) atoms. The molecule has 0 spiro atoms. The number of thioether (sulfide) groups is 1. The molecular formula is C26H24ClN3O2S. The topological polar surface area (TPSA) is 82.0 Å². The number of halogens is 1. The quantitative estimate of drug-likeness (QED) is 0.572. The third kappa shape index (κ3) is 4.71. The number of carbonyl (C=O) groups is 2. The van der Waals surface area contributed by atoms with Crippen LogP contribution in [-0.4, -0.2) is 17.4 Å². The zero-order valence-corrected chi connectivity index (χ0v) is 20.1. The summed E-state index contributed by atoms with van der Waals surface area (Å²) in [6.07, 6.45) is 2.02. The van der Waals surface area contributed by atoms with Crippen molar-refractivity contribution in [2.45, 2.75) is 39.0 Å². The Hall–Kier alpha value is -3.01. The second-order valence-corrected chi connectivity index (χ2v) is 9.58. The van der Waals surface area contributed by atoms with Gasteiger partial charge in [0.15, 0.2) is 5.78 Å². The SMILES string of the molecule is Cc1ccccc1[C@H]1C(C#N)=C(SCC(=O)Nc2cccc(Cl)c2C)NC2=C1C(=O)CCC2. The van der Waals surface area contributed by atoms with Gasteiger partial charge >= 0.3 is 0 Å². The number of carbonyl (C=O) groups excluding carboxylic acids is 2. The number of hydrogen-bond acceptors (Lipinski definition) is 5. The van der Waals surface area contributed by atoms with E-state index >= 15 is 0 Å². The lowest BCUT2D eigenvalue weighted by Gasteiger charge is -2.33. The van der Waals surface area contributed by atoms with Crippen molar-refractivity contribution in [3.63, 3.8) is 0 Å². The van der Waals surface area contributed by atoms with Gasteiger partial charge in [0.25, 0.3) is 0 Å². The van der Waals surface area contributed by atoms with Gasteiger partial charge < -0.3 is 10.6 Å². The highest BCUT2D eigenvalue weighted by Crippen LogP contribution is 2.44. The number of benzene rings is 2. The zero-order chi connectivity index (χ0) is 23.5. The number of ketones is 1. The lowest BCUT2D eigenvalue weighted by atomic mass is 9.76. The average molecular weight is 478 g/mol. The first-order valence-electron chi connectivity index (χ1n) is 10.8. The zero-order valence-electron chi connectivity index (χ0n) is 18.5. The van der Waals surface area contributed by atoms with E-state index in [9.17, 15) is 14.9 Å². The lowest BCUT2D eigenvalue weighted by molar-refractivity contribution is -0.116. The molecule has 0 saturated heterocycles. The number of amides is 1. The van der Waals surface area contributed by atoms with Crippen molar-refractivity contribution in [1.82, 2.24) is 5.32 Å². The van der Waals surface area contributed by atoms with Crippen LogP contribution in [0.15, 0.2) is 64.3 Å². The van der Waals surface area contributed by atoms with Crippen molar-refractivity contribution in [2.75, 3.05) is 11.1 Å². The van der Waals surface area contributed by atoms with E-state index in [1.165, 1.54) is 11.8 Å². The highest BCUT2D eigenvalue weighted by Gasteiger charge is 2.37. The summed E-state index contributed by atoms with van der Waals surface area (Å²) in [6.45, 7) is 3.85. The number of hydrogen-bond donors (Lipinski definition) is 2. The molecule has 2 aromatic carbocycles. The number of nitrogens with one attached hydrogen (secondary N) is 2. The Kier molecular flexibility index (Phi) is 6.92. The summed E-state index contributed by atoms with van der Waals surface area (Å²) >= 11 is 7.44. The smallest absolute Gasteiger partial charge is 0.234 e. The molecule has 1 heterocycles. The summed E-state index contributed by atoms with van der Waals surface area (Å²) < 4.78 is 0. The van der Waals surface area contributed by atoms with Crippen LogP contribution in [0, 0.1) is 25.2 Å². The first-order valence-corrected chi connectivity index (χ1v) is 12.2. The molecule has 2 aliphatic rings. The molecule has 0 radical (unpaired) electrons. The molecule has 5 nitrogen and oxygen atoms in total. The number of anilines is 1.